The first-order valence-electron chi connectivity index (χ1n) is 8.68. The second-order valence-electron chi connectivity index (χ2n) is 7.18. The van der Waals surface area contributed by atoms with Gasteiger partial charge in [-0.2, -0.15) is 0 Å². The minimum absolute atomic E-state index is 0.290. The summed E-state index contributed by atoms with van der Waals surface area (Å²) in [7, 11) is 1.70. The molecule has 0 aliphatic carbocycles. The first-order chi connectivity index (χ1) is 10.6. The number of rotatable bonds is 6. The fourth-order valence-electron chi connectivity index (χ4n) is 3.49. The summed E-state index contributed by atoms with van der Waals surface area (Å²) in [6, 6.07) is 0. The first kappa shape index (κ1) is 17.7. The number of nitrogens with one attached hydrogen (secondary N) is 1. The molecular formula is C17H32N2O3. The molecule has 2 aliphatic heterocycles. The molecule has 2 aliphatic rings. The predicted octanol–water partition coefficient (Wildman–Crippen LogP) is 1.67. The first-order valence-corrected chi connectivity index (χ1v) is 8.68. The summed E-state index contributed by atoms with van der Waals surface area (Å²) < 4.78 is 11.3. The van der Waals surface area contributed by atoms with E-state index in [0.29, 0.717) is 18.6 Å². The van der Waals surface area contributed by atoms with E-state index in [-0.39, 0.29) is 11.3 Å². The lowest BCUT2D eigenvalue weighted by atomic mass is 9.78. The van der Waals surface area contributed by atoms with Crippen LogP contribution in [0.4, 0.5) is 0 Å². The van der Waals surface area contributed by atoms with Crippen molar-refractivity contribution in [2.24, 2.45) is 11.3 Å². The molecule has 2 rings (SSSR count). The molecule has 2 saturated heterocycles. The van der Waals surface area contributed by atoms with Crippen molar-refractivity contribution in [2.75, 3.05) is 46.5 Å². The van der Waals surface area contributed by atoms with Crippen LogP contribution in [0.5, 0.6) is 0 Å². The Morgan fingerprint density at radius 1 is 1.27 bits per heavy atom. The molecule has 0 bridgehead atoms. The molecule has 2 fully saturated rings. The number of methoxy groups -OCH3 is 1. The Bertz CT molecular complexity index is 340. The van der Waals surface area contributed by atoms with Crippen LogP contribution >= 0.6 is 0 Å². The number of likely N-dealkylation sites (tertiary alicyclic amines) is 1. The molecule has 0 atom stereocenters. The van der Waals surface area contributed by atoms with E-state index in [9.17, 15) is 4.79 Å². The maximum absolute atomic E-state index is 13.0. The molecule has 0 aromatic carbocycles. The van der Waals surface area contributed by atoms with Crippen LogP contribution in [0.2, 0.25) is 0 Å². The minimum atomic E-state index is -0.314. The van der Waals surface area contributed by atoms with Gasteiger partial charge in [0.15, 0.2) is 0 Å². The van der Waals surface area contributed by atoms with Crippen LogP contribution in [0.3, 0.4) is 0 Å². The Labute approximate surface area is 134 Å². The second-order valence-corrected chi connectivity index (χ2v) is 7.18. The van der Waals surface area contributed by atoms with Crippen LogP contribution in [-0.2, 0) is 14.3 Å². The number of nitrogens with zero attached hydrogens (tertiary/aromatic N) is 1. The van der Waals surface area contributed by atoms with Gasteiger partial charge in [-0.15, -0.1) is 0 Å². The zero-order valence-electron chi connectivity index (χ0n) is 14.4. The molecule has 0 radical (unpaired) electrons. The van der Waals surface area contributed by atoms with Gasteiger partial charge in [0.05, 0.1) is 18.1 Å². The SMILES string of the molecule is COCC1(C(=O)N2CCC(OCC(C)C)CC2)CCNCC1. The lowest BCUT2D eigenvalue weighted by molar-refractivity contribution is -0.150. The summed E-state index contributed by atoms with van der Waals surface area (Å²) in [5.41, 5.74) is -0.314. The van der Waals surface area contributed by atoms with E-state index < -0.39 is 0 Å². The van der Waals surface area contributed by atoms with E-state index in [4.69, 9.17) is 9.47 Å². The van der Waals surface area contributed by atoms with Gasteiger partial charge in [-0.1, -0.05) is 13.8 Å². The number of piperidine rings is 2. The molecule has 0 unspecified atom stereocenters. The number of hydrogen-bond acceptors (Lipinski definition) is 4. The highest BCUT2D eigenvalue weighted by molar-refractivity contribution is 5.83. The zero-order chi connectivity index (χ0) is 16.0. The topological polar surface area (TPSA) is 50.8 Å². The lowest BCUT2D eigenvalue weighted by Gasteiger charge is -2.42. The molecule has 1 N–H and O–H groups in total. The Morgan fingerprint density at radius 3 is 2.45 bits per heavy atom. The van der Waals surface area contributed by atoms with Crippen molar-refractivity contribution in [1.82, 2.24) is 10.2 Å². The van der Waals surface area contributed by atoms with Crippen molar-refractivity contribution in [1.29, 1.82) is 0 Å². The third kappa shape index (κ3) is 4.43. The Balaban J connectivity index is 1.87. The van der Waals surface area contributed by atoms with E-state index >= 15 is 0 Å². The minimum Gasteiger partial charge on any atom is -0.384 e. The summed E-state index contributed by atoms with van der Waals surface area (Å²) in [4.78, 5) is 15.1. The van der Waals surface area contributed by atoms with Gasteiger partial charge in [-0.3, -0.25) is 4.79 Å². The predicted molar refractivity (Wildman–Crippen MR) is 86.8 cm³/mol. The van der Waals surface area contributed by atoms with Gasteiger partial charge in [-0.25, -0.2) is 0 Å². The van der Waals surface area contributed by atoms with Crippen molar-refractivity contribution in [3.63, 3.8) is 0 Å². The third-order valence-electron chi connectivity index (χ3n) is 4.83. The van der Waals surface area contributed by atoms with Gasteiger partial charge in [-0.05, 0) is 44.7 Å². The Morgan fingerprint density at radius 2 is 1.91 bits per heavy atom. The maximum atomic E-state index is 13.0. The summed E-state index contributed by atoms with van der Waals surface area (Å²) in [6.07, 6.45) is 3.99. The number of amides is 1. The molecule has 128 valence electrons. The van der Waals surface area contributed by atoms with Gasteiger partial charge >= 0.3 is 0 Å². The van der Waals surface area contributed by atoms with Crippen molar-refractivity contribution in [3.05, 3.63) is 0 Å². The number of carbonyl (C=O) groups excluding carboxylic acids is 1. The molecular weight excluding hydrogens is 280 g/mol. The van der Waals surface area contributed by atoms with Crippen molar-refractivity contribution >= 4 is 5.91 Å². The summed E-state index contributed by atoms with van der Waals surface area (Å²) in [5.74, 6) is 0.859. The van der Waals surface area contributed by atoms with Gasteiger partial charge in [0, 0.05) is 26.8 Å². The molecule has 0 aromatic heterocycles. The third-order valence-corrected chi connectivity index (χ3v) is 4.83. The average molecular weight is 312 g/mol. The molecule has 5 heteroatoms. The largest absolute Gasteiger partial charge is 0.384 e. The van der Waals surface area contributed by atoms with Gasteiger partial charge in [0.1, 0.15) is 0 Å². The highest BCUT2D eigenvalue weighted by atomic mass is 16.5. The Kier molecular flexibility index (Phi) is 6.66. The van der Waals surface area contributed by atoms with Crippen LogP contribution in [0, 0.1) is 11.3 Å². The van der Waals surface area contributed by atoms with Crippen molar-refractivity contribution in [3.8, 4) is 0 Å². The smallest absolute Gasteiger partial charge is 0.231 e. The van der Waals surface area contributed by atoms with Gasteiger partial charge in [0.25, 0.3) is 0 Å². The van der Waals surface area contributed by atoms with Crippen LogP contribution in [-0.4, -0.2) is 63.4 Å². The lowest BCUT2D eigenvalue weighted by Crippen LogP contribution is -2.53. The quantitative estimate of drug-likeness (QED) is 0.810. The van der Waals surface area contributed by atoms with Gasteiger partial charge in [0.2, 0.25) is 5.91 Å². The van der Waals surface area contributed by atoms with Crippen LogP contribution < -0.4 is 5.32 Å². The van der Waals surface area contributed by atoms with Crippen LogP contribution in [0.15, 0.2) is 0 Å². The summed E-state index contributed by atoms with van der Waals surface area (Å²) in [5, 5.41) is 3.34. The van der Waals surface area contributed by atoms with E-state index in [1.54, 1.807) is 7.11 Å². The molecule has 22 heavy (non-hydrogen) atoms. The number of carbonyl (C=O) groups is 1. The fraction of sp³-hybridized carbons (Fsp3) is 0.941. The number of ether oxygens (including phenoxy) is 2. The van der Waals surface area contributed by atoms with E-state index in [2.05, 4.69) is 19.2 Å². The summed E-state index contributed by atoms with van der Waals surface area (Å²) >= 11 is 0. The maximum Gasteiger partial charge on any atom is 0.231 e. The molecule has 0 aromatic rings. The highest BCUT2D eigenvalue weighted by Gasteiger charge is 2.42. The monoisotopic (exact) mass is 312 g/mol. The van der Waals surface area contributed by atoms with E-state index in [1.807, 2.05) is 4.90 Å². The normalized spacial score (nSPS) is 23.0. The van der Waals surface area contributed by atoms with E-state index in [1.165, 1.54) is 0 Å². The highest BCUT2D eigenvalue weighted by Crippen LogP contribution is 2.32. The average Bonchev–Trinajstić information content (AvgIpc) is 2.54. The Hall–Kier alpha value is -0.650. The molecule has 1 amide bonds. The second kappa shape index (κ2) is 8.27. The zero-order valence-corrected chi connectivity index (χ0v) is 14.4. The molecule has 0 saturated carbocycles. The molecule has 5 nitrogen and oxygen atoms in total. The van der Waals surface area contributed by atoms with Crippen molar-refractivity contribution in [2.45, 2.75) is 45.6 Å². The fourth-order valence-corrected chi connectivity index (χ4v) is 3.49. The van der Waals surface area contributed by atoms with E-state index in [0.717, 1.165) is 58.5 Å². The van der Waals surface area contributed by atoms with Crippen LogP contribution in [0.1, 0.15) is 39.5 Å². The molecule has 2 heterocycles. The number of hydrogen-bond donors (Lipinski definition) is 1. The molecule has 0 spiro atoms. The standard InChI is InChI=1S/C17H32N2O3/c1-14(2)12-22-15-4-10-19(11-5-15)16(20)17(13-21-3)6-8-18-9-7-17/h14-15,18H,4-13H2,1-3H3. The summed E-state index contributed by atoms with van der Waals surface area (Å²) in [6.45, 7) is 9.15. The van der Waals surface area contributed by atoms with Gasteiger partial charge < -0.3 is 19.7 Å². The van der Waals surface area contributed by atoms with Crippen molar-refractivity contribution < 1.29 is 14.3 Å². The van der Waals surface area contributed by atoms with Crippen LogP contribution in [0.25, 0.3) is 0 Å².